The molecule has 3 rings (SSSR count). The third-order valence-electron chi connectivity index (χ3n) is 4.58. The summed E-state index contributed by atoms with van der Waals surface area (Å²) in [5.41, 5.74) is 2.07. The highest BCUT2D eigenvalue weighted by molar-refractivity contribution is 7.92. The van der Waals surface area contributed by atoms with E-state index in [1.807, 2.05) is 6.07 Å². The molecule has 2 heterocycles. The van der Waals surface area contributed by atoms with Crippen LogP contribution in [0.25, 0.3) is 0 Å². The van der Waals surface area contributed by atoms with E-state index < -0.39 is 10.0 Å². The molecule has 1 aromatic carbocycles. The van der Waals surface area contributed by atoms with Gasteiger partial charge in [-0.05, 0) is 48.7 Å². The predicted molar refractivity (Wildman–Crippen MR) is 102 cm³/mol. The predicted octanol–water partition coefficient (Wildman–Crippen LogP) is 2.28. The van der Waals surface area contributed by atoms with Crippen LogP contribution < -0.4 is 4.31 Å². The summed E-state index contributed by atoms with van der Waals surface area (Å²) in [5, 5.41) is 0. The minimum Gasteiger partial charge on any atom is -0.467 e. The van der Waals surface area contributed by atoms with Gasteiger partial charge in [-0.25, -0.2) is 8.42 Å². The molecule has 0 N–H and O–H groups in total. The van der Waals surface area contributed by atoms with Gasteiger partial charge in [-0.2, -0.15) is 0 Å². The minimum absolute atomic E-state index is 0.136. The molecular weight excluding hydrogens is 368 g/mol. The summed E-state index contributed by atoms with van der Waals surface area (Å²) in [6.07, 6.45) is 4.26. The Morgan fingerprint density at radius 1 is 1.33 bits per heavy atom. The SMILES string of the molecule is COCCN(Cc1ccco1)C(=O)c1ccc2c(c1)CCCN2S(C)(=O)=O. The third kappa shape index (κ3) is 4.51. The number of carbonyl (C=O) groups is 1. The van der Waals surface area contributed by atoms with Crippen LogP contribution in [0.3, 0.4) is 0 Å². The molecule has 1 aromatic heterocycles. The topological polar surface area (TPSA) is 80.1 Å². The lowest BCUT2D eigenvalue weighted by atomic mass is 10.00. The number of ether oxygens (including phenoxy) is 1. The molecule has 7 nitrogen and oxygen atoms in total. The van der Waals surface area contributed by atoms with Gasteiger partial charge in [0.05, 0.1) is 31.4 Å². The molecule has 1 amide bonds. The number of rotatable bonds is 7. The van der Waals surface area contributed by atoms with E-state index in [9.17, 15) is 13.2 Å². The van der Waals surface area contributed by atoms with Gasteiger partial charge in [-0.3, -0.25) is 9.10 Å². The second kappa shape index (κ2) is 8.14. The Balaban J connectivity index is 1.86. The van der Waals surface area contributed by atoms with Crippen LogP contribution >= 0.6 is 0 Å². The van der Waals surface area contributed by atoms with Crippen LogP contribution in [-0.4, -0.2) is 52.3 Å². The fourth-order valence-corrected chi connectivity index (χ4v) is 4.26. The Hall–Kier alpha value is -2.32. The number of hydrogen-bond donors (Lipinski definition) is 0. The Morgan fingerprint density at radius 3 is 2.81 bits per heavy atom. The number of carbonyl (C=O) groups excluding carboxylic acids is 1. The molecule has 0 atom stereocenters. The van der Waals surface area contributed by atoms with Crippen LogP contribution in [0.4, 0.5) is 5.69 Å². The van der Waals surface area contributed by atoms with Crippen molar-refractivity contribution >= 4 is 21.6 Å². The van der Waals surface area contributed by atoms with Gasteiger partial charge in [0, 0.05) is 25.8 Å². The number of benzene rings is 1. The molecule has 2 aromatic rings. The Bertz CT molecular complexity index is 893. The number of sulfonamides is 1. The Kier molecular flexibility index (Phi) is 5.86. The molecule has 0 bridgehead atoms. The van der Waals surface area contributed by atoms with Gasteiger partial charge >= 0.3 is 0 Å². The number of anilines is 1. The van der Waals surface area contributed by atoms with Crippen LogP contribution in [0.15, 0.2) is 41.0 Å². The smallest absolute Gasteiger partial charge is 0.254 e. The summed E-state index contributed by atoms with van der Waals surface area (Å²) in [4.78, 5) is 14.7. The molecule has 1 aliphatic rings. The first-order valence-electron chi connectivity index (χ1n) is 8.81. The van der Waals surface area contributed by atoms with Crippen LogP contribution in [0.1, 0.15) is 28.1 Å². The third-order valence-corrected chi connectivity index (χ3v) is 5.76. The highest BCUT2D eigenvalue weighted by Gasteiger charge is 2.25. The van der Waals surface area contributed by atoms with Crippen molar-refractivity contribution in [2.24, 2.45) is 0 Å². The van der Waals surface area contributed by atoms with Gasteiger partial charge in [0.25, 0.3) is 5.91 Å². The summed E-state index contributed by atoms with van der Waals surface area (Å²) in [6.45, 7) is 1.67. The van der Waals surface area contributed by atoms with E-state index in [4.69, 9.17) is 9.15 Å². The second-order valence-corrected chi connectivity index (χ2v) is 8.49. The van der Waals surface area contributed by atoms with E-state index in [1.54, 1.807) is 42.5 Å². The van der Waals surface area contributed by atoms with Gasteiger partial charge < -0.3 is 14.1 Å². The molecule has 0 saturated carbocycles. The van der Waals surface area contributed by atoms with E-state index >= 15 is 0 Å². The lowest BCUT2D eigenvalue weighted by molar-refractivity contribution is 0.0666. The molecule has 1 aliphatic heterocycles. The molecular formula is C19H24N2O5S. The van der Waals surface area contributed by atoms with Gasteiger partial charge in [0.2, 0.25) is 10.0 Å². The van der Waals surface area contributed by atoms with Crippen molar-refractivity contribution in [2.75, 3.05) is 37.4 Å². The highest BCUT2D eigenvalue weighted by Crippen LogP contribution is 2.30. The standard InChI is InChI=1S/C19H24N2O5S/c1-25-12-10-20(14-17-6-4-11-26-17)19(22)16-7-8-18-15(13-16)5-3-9-21(18)27(2,23)24/h4,6-8,11,13H,3,5,9-10,12,14H2,1-2H3. The van der Waals surface area contributed by atoms with Crippen LogP contribution in [0.2, 0.25) is 0 Å². The van der Waals surface area contributed by atoms with E-state index in [2.05, 4.69) is 0 Å². The largest absolute Gasteiger partial charge is 0.467 e. The monoisotopic (exact) mass is 392 g/mol. The van der Waals surface area contributed by atoms with Gasteiger partial charge in [-0.1, -0.05) is 0 Å². The highest BCUT2D eigenvalue weighted by atomic mass is 32.2. The first-order valence-corrected chi connectivity index (χ1v) is 10.7. The summed E-state index contributed by atoms with van der Waals surface area (Å²) >= 11 is 0. The molecule has 146 valence electrons. The van der Waals surface area contributed by atoms with Crippen LogP contribution in [-0.2, 0) is 27.7 Å². The van der Waals surface area contributed by atoms with E-state index in [-0.39, 0.29) is 5.91 Å². The minimum atomic E-state index is -3.33. The average Bonchev–Trinajstić information content (AvgIpc) is 3.16. The summed E-state index contributed by atoms with van der Waals surface area (Å²) < 4.78 is 35.9. The molecule has 8 heteroatoms. The lowest BCUT2D eigenvalue weighted by Crippen LogP contribution is -2.35. The number of methoxy groups -OCH3 is 1. The van der Waals surface area contributed by atoms with Gasteiger partial charge in [0.1, 0.15) is 5.76 Å². The average molecular weight is 392 g/mol. The quantitative estimate of drug-likeness (QED) is 0.722. The number of fused-ring (bicyclic) bond motifs is 1. The summed E-state index contributed by atoms with van der Waals surface area (Å²) in [5.74, 6) is 0.559. The normalized spacial score (nSPS) is 14.1. The number of amides is 1. The second-order valence-electron chi connectivity index (χ2n) is 6.58. The van der Waals surface area contributed by atoms with Crippen molar-refractivity contribution in [3.05, 3.63) is 53.5 Å². The summed E-state index contributed by atoms with van der Waals surface area (Å²) in [7, 11) is -1.73. The fraction of sp³-hybridized carbons (Fsp3) is 0.421. The first kappa shape index (κ1) is 19.4. The molecule has 0 radical (unpaired) electrons. The van der Waals surface area contributed by atoms with Crippen LogP contribution in [0.5, 0.6) is 0 Å². The molecule has 0 fully saturated rings. The molecule has 0 spiro atoms. The summed E-state index contributed by atoms with van der Waals surface area (Å²) in [6, 6.07) is 8.82. The Labute approximate surface area is 159 Å². The van der Waals surface area contributed by atoms with E-state index in [0.717, 1.165) is 18.4 Å². The molecule has 0 saturated heterocycles. The number of aryl methyl sites for hydroxylation is 1. The van der Waals surface area contributed by atoms with E-state index in [1.165, 1.54) is 10.6 Å². The van der Waals surface area contributed by atoms with Crippen molar-refractivity contribution < 1.29 is 22.4 Å². The van der Waals surface area contributed by atoms with Crippen molar-refractivity contribution in [1.29, 1.82) is 0 Å². The van der Waals surface area contributed by atoms with Crippen LogP contribution in [0, 0.1) is 0 Å². The number of furan rings is 1. The molecule has 0 aliphatic carbocycles. The van der Waals surface area contributed by atoms with Gasteiger partial charge in [-0.15, -0.1) is 0 Å². The Morgan fingerprint density at radius 2 is 2.15 bits per heavy atom. The maximum atomic E-state index is 13.0. The van der Waals surface area contributed by atoms with Crippen molar-refractivity contribution in [3.8, 4) is 0 Å². The molecule has 0 unspecified atom stereocenters. The van der Waals surface area contributed by atoms with E-state index in [0.29, 0.717) is 43.3 Å². The first-order chi connectivity index (χ1) is 12.9. The fourth-order valence-electron chi connectivity index (χ4n) is 3.27. The zero-order valence-corrected chi connectivity index (χ0v) is 16.4. The number of hydrogen-bond acceptors (Lipinski definition) is 5. The van der Waals surface area contributed by atoms with Gasteiger partial charge in [0.15, 0.2) is 0 Å². The van der Waals surface area contributed by atoms with Crippen molar-refractivity contribution in [2.45, 2.75) is 19.4 Å². The zero-order chi connectivity index (χ0) is 19.4. The van der Waals surface area contributed by atoms with Crippen molar-refractivity contribution in [3.63, 3.8) is 0 Å². The molecule has 27 heavy (non-hydrogen) atoms. The lowest BCUT2D eigenvalue weighted by Gasteiger charge is -2.30. The zero-order valence-electron chi connectivity index (χ0n) is 15.6. The maximum absolute atomic E-state index is 13.0. The number of nitrogens with zero attached hydrogens (tertiary/aromatic N) is 2. The maximum Gasteiger partial charge on any atom is 0.254 e. The van der Waals surface area contributed by atoms with Crippen molar-refractivity contribution in [1.82, 2.24) is 4.90 Å².